The Morgan fingerprint density at radius 1 is 1.33 bits per heavy atom. The Bertz CT molecular complexity index is 399. The van der Waals surface area contributed by atoms with Gasteiger partial charge in [-0.25, -0.2) is 9.78 Å². The number of carbonyl (C=O) groups is 1. The third kappa shape index (κ3) is 2.90. The van der Waals surface area contributed by atoms with Gasteiger partial charge in [0.05, 0.1) is 19.1 Å². The summed E-state index contributed by atoms with van der Waals surface area (Å²) >= 11 is 0. The van der Waals surface area contributed by atoms with Crippen LogP contribution in [0, 0.1) is 11.8 Å². The number of nitrogens with zero attached hydrogens (tertiary/aromatic N) is 2. The summed E-state index contributed by atoms with van der Waals surface area (Å²) in [6, 6.07) is -0.518. The lowest BCUT2D eigenvalue weighted by molar-refractivity contribution is -0.146. The Kier molecular flexibility index (Phi) is 4.90. The number of aromatic nitrogens is 2. The van der Waals surface area contributed by atoms with E-state index in [0.717, 1.165) is 5.69 Å². The van der Waals surface area contributed by atoms with Crippen molar-refractivity contribution in [3.63, 3.8) is 0 Å². The molecule has 0 fully saturated rings. The van der Waals surface area contributed by atoms with Gasteiger partial charge in [0.15, 0.2) is 0 Å². The first-order valence-corrected chi connectivity index (χ1v) is 6.25. The lowest BCUT2D eigenvalue weighted by atomic mass is 9.99. The van der Waals surface area contributed by atoms with E-state index in [0.29, 0.717) is 0 Å². The Morgan fingerprint density at radius 3 is 2.39 bits per heavy atom. The molecule has 0 saturated carbocycles. The van der Waals surface area contributed by atoms with Crippen LogP contribution in [0.3, 0.4) is 0 Å². The number of hydrogen-bond acceptors (Lipinski definition) is 4. The smallest absolute Gasteiger partial charge is 0.329 e. The molecule has 1 heterocycles. The van der Waals surface area contributed by atoms with Crippen LogP contribution in [0.2, 0.25) is 0 Å². The molecule has 5 nitrogen and oxygen atoms in total. The summed E-state index contributed by atoms with van der Waals surface area (Å²) in [6.07, 6.45) is 3.38. The van der Waals surface area contributed by atoms with Crippen molar-refractivity contribution in [1.29, 1.82) is 0 Å². The van der Waals surface area contributed by atoms with Crippen molar-refractivity contribution in [1.82, 2.24) is 9.55 Å². The summed E-state index contributed by atoms with van der Waals surface area (Å²) in [4.78, 5) is 16.0. The monoisotopic (exact) mass is 253 g/mol. The van der Waals surface area contributed by atoms with Crippen molar-refractivity contribution in [2.24, 2.45) is 17.6 Å². The number of carbonyl (C=O) groups excluding carboxylic acids is 1. The van der Waals surface area contributed by atoms with E-state index in [1.54, 1.807) is 12.5 Å². The van der Waals surface area contributed by atoms with E-state index in [4.69, 9.17) is 10.5 Å². The first-order chi connectivity index (χ1) is 8.40. The van der Waals surface area contributed by atoms with Gasteiger partial charge in [-0.05, 0) is 11.8 Å². The van der Waals surface area contributed by atoms with Crippen LogP contribution in [0.25, 0.3) is 0 Å². The fraction of sp³-hybridized carbons (Fsp3) is 0.692. The van der Waals surface area contributed by atoms with Gasteiger partial charge < -0.3 is 15.0 Å². The molecule has 0 aliphatic rings. The van der Waals surface area contributed by atoms with Crippen LogP contribution in [0.1, 0.15) is 45.5 Å². The molecular weight excluding hydrogens is 230 g/mol. The van der Waals surface area contributed by atoms with Gasteiger partial charge in [0.2, 0.25) is 0 Å². The highest BCUT2D eigenvalue weighted by Gasteiger charge is 2.28. The zero-order chi connectivity index (χ0) is 13.9. The van der Waals surface area contributed by atoms with Crippen molar-refractivity contribution >= 4 is 5.97 Å². The van der Waals surface area contributed by atoms with E-state index in [2.05, 4.69) is 4.98 Å². The SMILES string of the molecule is COC(=O)C(C(C)C)n1cncc1C(N)C(C)C. The number of nitrogens with two attached hydrogens (primary N) is 1. The highest BCUT2D eigenvalue weighted by molar-refractivity contribution is 5.74. The molecule has 2 unspecified atom stereocenters. The molecule has 2 N–H and O–H groups in total. The van der Waals surface area contributed by atoms with Crippen molar-refractivity contribution in [2.75, 3.05) is 7.11 Å². The standard InChI is InChI=1S/C13H23N3O2/c1-8(2)11(14)10-6-15-7-16(10)12(9(3)4)13(17)18-5/h6-9,11-12H,14H2,1-5H3. The van der Waals surface area contributed by atoms with E-state index < -0.39 is 0 Å². The van der Waals surface area contributed by atoms with Gasteiger partial charge in [-0.2, -0.15) is 0 Å². The van der Waals surface area contributed by atoms with Crippen LogP contribution in [0.5, 0.6) is 0 Å². The maximum absolute atomic E-state index is 11.9. The molecule has 0 bridgehead atoms. The molecule has 0 saturated heterocycles. The quantitative estimate of drug-likeness (QED) is 0.814. The predicted octanol–water partition coefficient (Wildman–Crippen LogP) is 1.91. The second-order valence-electron chi connectivity index (χ2n) is 5.21. The molecule has 1 aromatic heterocycles. The summed E-state index contributed by atoms with van der Waals surface area (Å²) in [5.41, 5.74) is 7.02. The highest BCUT2D eigenvalue weighted by atomic mass is 16.5. The highest BCUT2D eigenvalue weighted by Crippen LogP contribution is 2.26. The molecule has 5 heteroatoms. The largest absolute Gasteiger partial charge is 0.467 e. The van der Waals surface area contributed by atoms with Gasteiger partial charge in [0.25, 0.3) is 0 Å². The van der Waals surface area contributed by atoms with E-state index in [9.17, 15) is 4.79 Å². The van der Waals surface area contributed by atoms with Crippen LogP contribution in [-0.4, -0.2) is 22.6 Å². The number of rotatable bonds is 5. The molecule has 0 amide bonds. The minimum atomic E-state index is -0.378. The summed E-state index contributed by atoms with van der Waals surface area (Å²) < 4.78 is 6.70. The van der Waals surface area contributed by atoms with E-state index in [1.807, 2.05) is 32.3 Å². The first-order valence-electron chi connectivity index (χ1n) is 6.25. The molecule has 18 heavy (non-hydrogen) atoms. The van der Waals surface area contributed by atoms with Crippen molar-refractivity contribution in [2.45, 2.75) is 39.8 Å². The second-order valence-corrected chi connectivity index (χ2v) is 5.21. The number of esters is 1. The Hall–Kier alpha value is -1.36. The molecule has 0 aliphatic carbocycles. The number of methoxy groups -OCH3 is 1. The van der Waals surface area contributed by atoms with E-state index in [-0.39, 0.29) is 29.9 Å². The zero-order valence-corrected chi connectivity index (χ0v) is 11.8. The van der Waals surface area contributed by atoms with Gasteiger partial charge in [-0.1, -0.05) is 27.7 Å². The molecule has 1 rings (SSSR count). The van der Waals surface area contributed by atoms with E-state index >= 15 is 0 Å². The van der Waals surface area contributed by atoms with Gasteiger partial charge in [0.1, 0.15) is 6.04 Å². The predicted molar refractivity (Wildman–Crippen MR) is 69.9 cm³/mol. The Balaban J connectivity index is 3.14. The minimum Gasteiger partial charge on any atom is -0.467 e. The third-order valence-corrected chi connectivity index (χ3v) is 3.13. The molecular formula is C13H23N3O2. The van der Waals surface area contributed by atoms with Gasteiger partial charge >= 0.3 is 5.97 Å². The topological polar surface area (TPSA) is 70.1 Å². The van der Waals surface area contributed by atoms with Crippen LogP contribution in [-0.2, 0) is 9.53 Å². The molecule has 1 aromatic rings. The van der Waals surface area contributed by atoms with E-state index in [1.165, 1.54) is 7.11 Å². The average molecular weight is 253 g/mol. The fourth-order valence-electron chi connectivity index (χ4n) is 1.97. The van der Waals surface area contributed by atoms with Gasteiger partial charge in [-0.3, -0.25) is 0 Å². The Morgan fingerprint density at radius 2 is 1.94 bits per heavy atom. The van der Waals surface area contributed by atoms with Crippen LogP contribution in [0.15, 0.2) is 12.5 Å². The third-order valence-electron chi connectivity index (χ3n) is 3.13. The lowest BCUT2D eigenvalue weighted by Gasteiger charge is -2.25. The van der Waals surface area contributed by atoms with Crippen LogP contribution >= 0.6 is 0 Å². The van der Waals surface area contributed by atoms with Crippen molar-refractivity contribution < 1.29 is 9.53 Å². The summed E-state index contributed by atoms with van der Waals surface area (Å²) in [5, 5.41) is 0. The second kappa shape index (κ2) is 6.00. The first kappa shape index (κ1) is 14.7. The van der Waals surface area contributed by atoms with Crippen molar-refractivity contribution in [3.05, 3.63) is 18.2 Å². The number of ether oxygens (including phenoxy) is 1. The maximum Gasteiger partial charge on any atom is 0.329 e. The zero-order valence-electron chi connectivity index (χ0n) is 11.8. The number of imidazole rings is 1. The summed E-state index contributed by atoms with van der Waals surface area (Å²) in [5.74, 6) is 0.135. The summed E-state index contributed by atoms with van der Waals surface area (Å²) in [6.45, 7) is 8.05. The Labute approximate surface area is 108 Å². The maximum atomic E-state index is 11.9. The van der Waals surface area contributed by atoms with Crippen LogP contribution < -0.4 is 5.73 Å². The lowest BCUT2D eigenvalue weighted by Crippen LogP contribution is -2.29. The average Bonchev–Trinajstić information content (AvgIpc) is 2.76. The molecule has 0 spiro atoms. The molecule has 2 atom stereocenters. The molecule has 0 aliphatic heterocycles. The van der Waals surface area contributed by atoms with Gasteiger partial charge in [-0.15, -0.1) is 0 Å². The molecule has 102 valence electrons. The van der Waals surface area contributed by atoms with Crippen LogP contribution in [0.4, 0.5) is 0 Å². The van der Waals surface area contributed by atoms with Crippen molar-refractivity contribution in [3.8, 4) is 0 Å². The molecule has 0 aromatic carbocycles. The minimum absolute atomic E-state index is 0.116. The fourth-order valence-corrected chi connectivity index (χ4v) is 1.97. The number of hydrogen-bond donors (Lipinski definition) is 1. The van der Waals surface area contributed by atoms with Gasteiger partial charge in [0, 0.05) is 12.2 Å². The summed E-state index contributed by atoms with van der Waals surface area (Å²) in [7, 11) is 1.40. The molecule has 0 radical (unpaired) electrons. The normalized spacial score (nSPS) is 14.9.